The fourth-order valence-electron chi connectivity index (χ4n) is 3.65. The minimum atomic E-state index is -0.198. The van der Waals surface area contributed by atoms with Gasteiger partial charge in [-0.2, -0.15) is 0 Å². The molecule has 0 spiro atoms. The molecule has 4 rings (SSSR count). The minimum Gasteiger partial charge on any atom is -0.459 e. The number of carbonyl (C=O) groups is 2. The van der Waals surface area contributed by atoms with Crippen LogP contribution in [0.1, 0.15) is 29.1 Å². The summed E-state index contributed by atoms with van der Waals surface area (Å²) in [6.45, 7) is 4.86. The first kappa shape index (κ1) is 19.2. The molecule has 1 aliphatic heterocycles. The van der Waals surface area contributed by atoms with E-state index in [0.29, 0.717) is 38.3 Å². The lowest BCUT2D eigenvalue weighted by molar-refractivity contribution is -0.123. The summed E-state index contributed by atoms with van der Waals surface area (Å²) in [5.74, 6) is 0.756. The number of nitrogens with zero attached hydrogens (tertiary/aromatic N) is 2. The predicted octanol–water partition coefficient (Wildman–Crippen LogP) is 3.07. The van der Waals surface area contributed by atoms with Crippen molar-refractivity contribution in [1.82, 2.24) is 15.1 Å². The Morgan fingerprint density at radius 3 is 2.41 bits per heavy atom. The molecule has 1 N–H and O–H groups in total. The van der Waals surface area contributed by atoms with Crippen molar-refractivity contribution in [2.45, 2.75) is 13.0 Å². The summed E-state index contributed by atoms with van der Waals surface area (Å²) in [4.78, 5) is 28.9. The van der Waals surface area contributed by atoms with Crippen molar-refractivity contribution in [1.29, 1.82) is 0 Å². The van der Waals surface area contributed by atoms with Crippen molar-refractivity contribution >= 4 is 22.8 Å². The molecule has 1 saturated heterocycles. The molecule has 1 aliphatic rings. The smallest absolute Gasteiger partial charge is 0.253 e. The van der Waals surface area contributed by atoms with Gasteiger partial charge in [-0.3, -0.25) is 14.5 Å². The maximum absolute atomic E-state index is 12.5. The Bertz CT molecular complexity index is 958. The van der Waals surface area contributed by atoms with E-state index in [1.165, 1.54) is 0 Å². The summed E-state index contributed by atoms with van der Waals surface area (Å²) in [6, 6.07) is 18.9. The van der Waals surface area contributed by atoms with Crippen molar-refractivity contribution in [2.75, 3.05) is 32.7 Å². The first-order valence-electron chi connectivity index (χ1n) is 9.94. The zero-order chi connectivity index (χ0) is 20.2. The lowest BCUT2D eigenvalue weighted by Gasteiger charge is -2.34. The lowest BCUT2D eigenvalue weighted by atomic mass is 10.2. The number of carbonyl (C=O) groups excluding carboxylic acids is 2. The van der Waals surface area contributed by atoms with Gasteiger partial charge in [0.25, 0.3) is 5.91 Å². The van der Waals surface area contributed by atoms with Gasteiger partial charge in [-0.15, -0.1) is 0 Å². The summed E-state index contributed by atoms with van der Waals surface area (Å²) < 4.78 is 5.83. The van der Waals surface area contributed by atoms with Crippen molar-refractivity contribution in [3.05, 3.63) is 72.0 Å². The quantitative estimate of drug-likeness (QED) is 0.726. The van der Waals surface area contributed by atoms with E-state index in [4.69, 9.17) is 4.42 Å². The van der Waals surface area contributed by atoms with Crippen molar-refractivity contribution in [3.63, 3.8) is 0 Å². The average Bonchev–Trinajstić information content (AvgIpc) is 3.19. The van der Waals surface area contributed by atoms with Crippen LogP contribution < -0.4 is 5.32 Å². The Kier molecular flexibility index (Phi) is 5.62. The Labute approximate surface area is 170 Å². The van der Waals surface area contributed by atoms with E-state index in [-0.39, 0.29) is 17.9 Å². The monoisotopic (exact) mass is 391 g/mol. The molecule has 1 fully saturated rings. The van der Waals surface area contributed by atoms with Crippen LogP contribution in [-0.2, 0) is 4.79 Å². The molecule has 6 nitrogen and oxygen atoms in total. The number of hydrogen-bond donors (Lipinski definition) is 1. The van der Waals surface area contributed by atoms with Gasteiger partial charge < -0.3 is 14.6 Å². The number of para-hydroxylation sites is 1. The zero-order valence-corrected chi connectivity index (χ0v) is 16.5. The standard InChI is InChI=1S/C23H25N3O3/c1-17(21-15-19-9-5-6-10-20(19)29-21)24-22(27)16-25-11-13-26(14-12-25)23(28)18-7-3-2-4-8-18/h2-10,15,17H,11-14,16H2,1H3,(H,24,27)/t17-/m1/s1. The normalized spacial score (nSPS) is 16.0. The van der Waals surface area contributed by atoms with Crippen LogP contribution in [0.2, 0.25) is 0 Å². The van der Waals surface area contributed by atoms with Gasteiger partial charge in [0.15, 0.2) is 0 Å². The van der Waals surface area contributed by atoms with Gasteiger partial charge in [0, 0.05) is 37.1 Å². The molecule has 6 heteroatoms. The van der Waals surface area contributed by atoms with E-state index in [1.807, 2.05) is 72.5 Å². The zero-order valence-electron chi connectivity index (χ0n) is 16.5. The summed E-state index contributed by atoms with van der Waals surface area (Å²) >= 11 is 0. The summed E-state index contributed by atoms with van der Waals surface area (Å²) in [5, 5.41) is 4.04. The van der Waals surface area contributed by atoms with Gasteiger partial charge >= 0.3 is 0 Å². The molecule has 2 aromatic carbocycles. The number of rotatable bonds is 5. The highest BCUT2D eigenvalue weighted by atomic mass is 16.3. The van der Waals surface area contributed by atoms with E-state index >= 15 is 0 Å². The summed E-state index contributed by atoms with van der Waals surface area (Å²) in [6.07, 6.45) is 0. The Hall–Kier alpha value is -3.12. The van der Waals surface area contributed by atoms with Crippen LogP contribution in [0.15, 0.2) is 65.1 Å². The Morgan fingerprint density at radius 2 is 1.69 bits per heavy atom. The van der Waals surface area contributed by atoms with E-state index in [2.05, 4.69) is 10.2 Å². The molecular formula is C23H25N3O3. The number of amides is 2. The number of fused-ring (bicyclic) bond motifs is 1. The highest BCUT2D eigenvalue weighted by Gasteiger charge is 2.24. The molecule has 3 aromatic rings. The number of piperazine rings is 1. The number of furan rings is 1. The van der Waals surface area contributed by atoms with Crippen LogP contribution in [0.4, 0.5) is 0 Å². The predicted molar refractivity (Wildman–Crippen MR) is 112 cm³/mol. The van der Waals surface area contributed by atoms with E-state index in [9.17, 15) is 9.59 Å². The average molecular weight is 391 g/mol. The van der Waals surface area contributed by atoms with Gasteiger partial charge in [0.05, 0.1) is 12.6 Å². The molecule has 1 aromatic heterocycles. The maximum Gasteiger partial charge on any atom is 0.253 e. The van der Waals surface area contributed by atoms with Crippen LogP contribution in [-0.4, -0.2) is 54.3 Å². The van der Waals surface area contributed by atoms with Crippen LogP contribution in [0.5, 0.6) is 0 Å². The molecule has 29 heavy (non-hydrogen) atoms. The molecule has 0 saturated carbocycles. The van der Waals surface area contributed by atoms with Crippen LogP contribution in [0, 0.1) is 0 Å². The molecule has 150 valence electrons. The van der Waals surface area contributed by atoms with Gasteiger partial charge in [0.2, 0.25) is 5.91 Å². The largest absolute Gasteiger partial charge is 0.459 e. The van der Waals surface area contributed by atoms with E-state index in [1.54, 1.807) is 0 Å². The molecule has 0 unspecified atom stereocenters. The summed E-state index contributed by atoms with van der Waals surface area (Å²) in [7, 11) is 0. The van der Waals surface area contributed by atoms with Crippen LogP contribution in [0.25, 0.3) is 11.0 Å². The fraction of sp³-hybridized carbons (Fsp3) is 0.304. The van der Waals surface area contributed by atoms with E-state index in [0.717, 1.165) is 16.7 Å². The summed E-state index contributed by atoms with van der Waals surface area (Å²) in [5.41, 5.74) is 1.53. The highest BCUT2D eigenvalue weighted by Crippen LogP contribution is 2.23. The fourth-order valence-corrected chi connectivity index (χ4v) is 3.65. The van der Waals surface area contributed by atoms with Crippen LogP contribution in [0.3, 0.4) is 0 Å². The number of hydrogen-bond acceptors (Lipinski definition) is 4. The van der Waals surface area contributed by atoms with Crippen molar-refractivity contribution in [2.24, 2.45) is 0 Å². The van der Waals surface area contributed by atoms with Crippen molar-refractivity contribution < 1.29 is 14.0 Å². The van der Waals surface area contributed by atoms with Crippen molar-refractivity contribution in [3.8, 4) is 0 Å². The third-order valence-electron chi connectivity index (χ3n) is 5.30. The van der Waals surface area contributed by atoms with Gasteiger partial charge in [-0.05, 0) is 31.2 Å². The Morgan fingerprint density at radius 1 is 1.00 bits per heavy atom. The Balaban J connectivity index is 1.27. The minimum absolute atomic E-state index is 0.0409. The molecule has 0 radical (unpaired) electrons. The SMILES string of the molecule is C[C@@H](NC(=O)CN1CCN(C(=O)c2ccccc2)CC1)c1cc2ccccc2o1. The molecule has 0 aliphatic carbocycles. The first-order valence-corrected chi connectivity index (χ1v) is 9.94. The molecule has 1 atom stereocenters. The van der Waals surface area contributed by atoms with Gasteiger partial charge in [-0.1, -0.05) is 36.4 Å². The first-order chi connectivity index (χ1) is 14.1. The molecule has 2 amide bonds. The third-order valence-corrected chi connectivity index (χ3v) is 5.30. The topological polar surface area (TPSA) is 65.8 Å². The number of benzene rings is 2. The molecular weight excluding hydrogens is 366 g/mol. The van der Waals surface area contributed by atoms with Gasteiger partial charge in [-0.25, -0.2) is 0 Å². The lowest BCUT2D eigenvalue weighted by Crippen LogP contribution is -2.51. The second kappa shape index (κ2) is 8.49. The highest BCUT2D eigenvalue weighted by molar-refractivity contribution is 5.94. The second-order valence-corrected chi connectivity index (χ2v) is 7.41. The molecule has 2 heterocycles. The third kappa shape index (κ3) is 4.49. The van der Waals surface area contributed by atoms with Crippen LogP contribution >= 0.6 is 0 Å². The maximum atomic E-state index is 12.5. The molecule has 0 bridgehead atoms. The number of nitrogens with one attached hydrogen (secondary N) is 1. The van der Waals surface area contributed by atoms with E-state index < -0.39 is 0 Å². The second-order valence-electron chi connectivity index (χ2n) is 7.41. The van der Waals surface area contributed by atoms with Gasteiger partial charge in [0.1, 0.15) is 11.3 Å².